The molecule has 0 amide bonds. The van der Waals surface area contributed by atoms with E-state index in [1.54, 1.807) is 12.1 Å². The second kappa shape index (κ2) is 9.91. The van der Waals surface area contributed by atoms with Crippen LogP contribution in [0.2, 0.25) is 0 Å². The molecular weight excluding hydrogens is 372 g/mol. The Morgan fingerprint density at radius 3 is 2.52 bits per heavy atom. The molecule has 0 atom stereocenters. The Bertz CT molecular complexity index is 860. The van der Waals surface area contributed by atoms with E-state index in [1.165, 1.54) is 6.07 Å². The summed E-state index contributed by atoms with van der Waals surface area (Å²) < 4.78 is 10.8. The van der Waals surface area contributed by atoms with Gasteiger partial charge in [-0.3, -0.25) is 10.1 Å². The molecule has 0 radical (unpaired) electrons. The van der Waals surface area contributed by atoms with Crippen molar-refractivity contribution >= 4 is 17.3 Å². The number of hydrogen-bond acceptors (Lipinski definition) is 6. The van der Waals surface area contributed by atoms with E-state index in [0.717, 1.165) is 44.3 Å². The van der Waals surface area contributed by atoms with Crippen molar-refractivity contribution in [2.24, 2.45) is 0 Å². The Morgan fingerprint density at radius 2 is 1.83 bits per heavy atom. The van der Waals surface area contributed by atoms with Gasteiger partial charge in [-0.2, -0.15) is 0 Å². The molecule has 7 heteroatoms. The monoisotopic (exact) mass is 398 g/mol. The molecule has 29 heavy (non-hydrogen) atoms. The van der Waals surface area contributed by atoms with Crippen molar-refractivity contribution < 1.29 is 19.2 Å². The first-order valence-electron chi connectivity index (χ1n) is 9.94. The second-order valence-corrected chi connectivity index (χ2v) is 7.16. The van der Waals surface area contributed by atoms with E-state index in [1.807, 2.05) is 36.1 Å². The number of anilines is 1. The van der Waals surface area contributed by atoms with Gasteiger partial charge in [-0.1, -0.05) is 25.0 Å². The summed E-state index contributed by atoms with van der Waals surface area (Å²) >= 11 is 0. The fourth-order valence-electron chi connectivity index (χ4n) is 3.46. The molecule has 154 valence electrons. The Hall–Kier alpha value is -3.09. The summed E-state index contributed by atoms with van der Waals surface area (Å²) in [6.45, 7) is 3.83. The number of rotatable bonds is 7. The molecule has 0 bridgehead atoms. The summed E-state index contributed by atoms with van der Waals surface area (Å²) in [7, 11) is 0. The summed E-state index contributed by atoms with van der Waals surface area (Å²) in [5, 5.41) is 11.6. The zero-order valence-corrected chi connectivity index (χ0v) is 16.6. The van der Waals surface area contributed by atoms with Gasteiger partial charge in [-0.05, 0) is 49.6 Å². The van der Waals surface area contributed by atoms with Gasteiger partial charge in [0, 0.05) is 19.2 Å². The largest absolute Gasteiger partial charge is 0.490 e. The number of nitro benzene ring substituents is 1. The van der Waals surface area contributed by atoms with Crippen molar-refractivity contribution in [1.82, 2.24) is 0 Å². The van der Waals surface area contributed by atoms with Crippen LogP contribution in [0, 0.1) is 17.0 Å². The first-order chi connectivity index (χ1) is 14.0. The smallest absolute Gasteiger partial charge is 0.338 e. The Balaban J connectivity index is 1.61. The lowest BCUT2D eigenvalue weighted by atomic mass is 10.1. The molecule has 0 unspecified atom stereocenters. The van der Waals surface area contributed by atoms with Crippen molar-refractivity contribution in [1.29, 1.82) is 0 Å². The van der Waals surface area contributed by atoms with E-state index in [-0.39, 0.29) is 24.5 Å². The van der Waals surface area contributed by atoms with Crippen molar-refractivity contribution in [3.8, 4) is 5.75 Å². The van der Waals surface area contributed by atoms with Crippen LogP contribution in [-0.2, 0) is 4.74 Å². The minimum absolute atomic E-state index is 0.0580. The zero-order chi connectivity index (χ0) is 20.6. The van der Waals surface area contributed by atoms with Crippen LogP contribution in [-0.4, -0.2) is 37.2 Å². The van der Waals surface area contributed by atoms with E-state index in [4.69, 9.17) is 9.47 Å². The van der Waals surface area contributed by atoms with Crippen LogP contribution < -0.4 is 9.64 Å². The van der Waals surface area contributed by atoms with Crippen LogP contribution in [0.25, 0.3) is 0 Å². The molecule has 1 saturated heterocycles. The highest BCUT2D eigenvalue weighted by Gasteiger charge is 2.23. The average molecular weight is 398 g/mol. The number of ether oxygens (including phenoxy) is 2. The average Bonchev–Trinajstić information content (AvgIpc) is 3.00. The first kappa shape index (κ1) is 20.6. The first-order valence-corrected chi connectivity index (χ1v) is 9.94. The molecule has 1 aliphatic rings. The quantitative estimate of drug-likeness (QED) is 0.295. The third-order valence-corrected chi connectivity index (χ3v) is 4.93. The summed E-state index contributed by atoms with van der Waals surface area (Å²) in [4.78, 5) is 25.5. The van der Waals surface area contributed by atoms with Crippen molar-refractivity contribution in [3.63, 3.8) is 0 Å². The molecule has 0 aliphatic carbocycles. The molecule has 0 saturated carbocycles. The second-order valence-electron chi connectivity index (χ2n) is 7.16. The Labute approximate surface area is 170 Å². The lowest BCUT2D eigenvalue weighted by molar-refractivity contribution is -0.384. The third-order valence-electron chi connectivity index (χ3n) is 4.93. The molecule has 2 aromatic carbocycles. The van der Waals surface area contributed by atoms with Gasteiger partial charge in [-0.25, -0.2) is 4.79 Å². The highest BCUT2D eigenvalue weighted by atomic mass is 16.6. The van der Waals surface area contributed by atoms with E-state index in [0.29, 0.717) is 11.4 Å². The highest BCUT2D eigenvalue weighted by molar-refractivity contribution is 5.91. The van der Waals surface area contributed by atoms with Gasteiger partial charge in [0.2, 0.25) is 0 Å². The number of aryl methyl sites for hydroxylation is 1. The fourth-order valence-corrected chi connectivity index (χ4v) is 3.46. The van der Waals surface area contributed by atoms with Gasteiger partial charge in [0.15, 0.2) is 0 Å². The summed E-state index contributed by atoms with van der Waals surface area (Å²) in [6, 6.07) is 12.1. The number of esters is 1. The maximum absolute atomic E-state index is 12.3. The lowest BCUT2D eigenvalue weighted by Gasteiger charge is -2.22. The number of hydrogen-bond donors (Lipinski definition) is 0. The van der Waals surface area contributed by atoms with Gasteiger partial charge in [0.1, 0.15) is 24.7 Å². The van der Waals surface area contributed by atoms with Crippen molar-refractivity contribution in [3.05, 3.63) is 63.7 Å². The third kappa shape index (κ3) is 5.70. The minimum atomic E-state index is -0.594. The standard InChI is InChI=1S/C22H26N2O5/c1-17-7-6-8-19(15-17)28-13-14-29-22(25)18-9-10-20(21(16-18)24(26)27)23-11-4-2-3-5-12-23/h6-10,15-16H,2-5,11-14H2,1H3. The van der Waals surface area contributed by atoms with Gasteiger partial charge in [0.05, 0.1) is 10.5 Å². The van der Waals surface area contributed by atoms with E-state index < -0.39 is 10.9 Å². The fraction of sp³-hybridized carbons (Fsp3) is 0.409. The molecule has 7 nitrogen and oxygen atoms in total. The normalized spacial score (nSPS) is 14.2. The minimum Gasteiger partial charge on any atom is -0.490 e. The van der Waals surface area contributed by atoms with Gasteiger partial charge in [0.25, 0.3) is 5.69 Å². The SMILES string of the molecule is Cc1cccc(OCCOC(=O)c2ccc(N3CCCCCC3)c([N+](=O)[O-])c2)c1. The highest BCUT2D eigenvalue weighted by Crippen LogP contribution is 2.31. The Kier molecular flexibility index (Phi) is 7.05. The molecule has 0 N–H and O–H groups in total. The molecule has 1 aliphatic heterocycles. The predicted octanol–water partition coefficient (Wildman–Crippen LogP) is 4.52. The van der Waals surface area contributed by atoms with Crippen LogP contribution in [0.3, 0.4) is 0 Å². The molecule has 1 fully saturated rings. The molecule has 0 aromatic heterocycles. The number of nitrogens with zero attached hydrogens (tertiary/aromatic N) is 2. The molecular formula is C22H26N2O5. The molecule has 1 heterocycles. The molecule has 2 aromatic rings. The lowest BCUT2D eigenvalue weighted by Crippen LogP contribution is -2.25. The maximum atomic E-state index is 12.3. The van der Waals surface area contributed by atoms with Gasteiger partial charge < -0.3 is 14.4 Å². The van der Waals surface area contributed by atoms with Crippen LogP contribution in [0.4, 0.5) is 11.4 Å². The van der Waals surface area contributed by atoms with Crippen LogP contribution in [0.1, 0.15) is 41.6 Å². The van der Waals surface area contributed by atoms with E-state index in [2.05, 4.69) is 0 Å². The van der Waals surface area contributed by atoms with Crippen LogP contribution >= 0.6 is 0 Å². The number of nitro groups is 1. The maximum Gasteiger partial charge on any atom is 0.338 e. The number of carbonyl (C=O) groups is 1. The van der Waals surface area contributed by atoms with Gasteiger partial charge >= 0.3 is 5.97 Å². The summed E-state index contributed by atoms with van der Waals surface area (Å²) in [5.74, 6) is 0.113. The summed E-state index contributed by atoms with van der Waals surface area (Å²) in [6.07, 6.45) is 4.31. The topological polar surface area (TPSA) is 81.9 Å². The van der Waals surface area contributed by atoms with Crippen molar-refractivity contribution in [2.45, 2.75) is 32.6 Å². The summed E-state index contributed by atoms with van der Waals surface area (Å²) in [5.41, 5.74) is 1.76. The Morgan fingerprint density at radius 1 is 1.07 bits per heavy atom. The molecule has 0 spiro atoms. The van der Waals surface area contributed by atoms with E-state index in [9.17, 15) is 14.9 Å². The molecule has 3 rings (SSSR count). The van der Waals surface area contributed by atoms with Gasteiger partial charge in [-0.15, -0.1) is 0 Å². The van der Waals surface area contributed by atoms with Crippen LogP contribution in [0.5, 0.6) is 5.75 Å². The predicted molar refractivity (Wildman–Crippen MR) is 111 cm³/mol. The number of carbonyl (C=O) groups excluding carboxylic acids is 1. The number of benzene rings is 2. The van der Waals surface area contributed by atoms with E-state index >= 15 is 0 Å². The van der Waals surface area contributed by atoms with Crippen LogP contribution in [0.15, 0.2) is 42.5 Å². The van der Waals surface area contributed by atoms with Crippen molar-refractivity contribution in [2.75, 3.05) is 31.2 Å². The zero-order valence-electron chi connectivity index (χ0n) is 16.6.